The number of rotatable bonds is 6. The minimum atomic E-state index is 0.450. The zero-order chi connectivity index (χ0) is 13.8. The van der Waals surface area contributed by atoms with Crippen LogP contribution in [0.25, 0.3) is 10.6 Å². The van der Waals surface area contributed by atoms with Crippen LogP contribution in [0.5, 0.6) is 0 Å². The second kappa shape index (κ2) is 6.45. The predicted octanol–water partition coefficient (Wildman–Crippen LogP) is 3.93. The lowest BCUT2D eigenvalue weighted by molar-refractivity contribution is 0.184. The number of ether oxygens (including phenoxy) is 1. The van der Waals surface area contributed by atoms with Gasteiger partial charge in [-0.1, -0.05) is 6.92 Å². The van der Waals surface area contributed by atoms with Gasteiger partial charge in [-0.05, 0) is 20.3 Å². The lowest BCUT2D eigenvalue weighted by atomic mass is 10.3. The van der Waals surface area contributed by atoms with Gasteiger partial charge in [0.05, 0.1) is 22.9 Å². The van der Waals surface area contributed by atoms with E-state index in [9.17, 15) is 0 Å². The Labute approximate surface area is 121 Å². The van der Waals surface area contributed by atoms with E-state index in [1.807, 2.05) is 6.92 Å². The largest absolute Gasteiger partial charge is 0.378 e. The van der Waals surface area contributed by atoms with Crippen LogP contribution in [0, 0.1) is 6.92 Å². The summed E-state index contributed by atoms with van der Waals surface area (Å²) in [7, 11) is 1.69. The summed E-state index contributed by atoms with van der Waals surface area (Å²) in [5.74, 6) is 0. The normalized spacial score (nSPS) is 12.6. The first-order valence-corrected chi connectivity index (χ1v) is 8.01. The fraction of sp³-hybridized carbons (Fsp3) is 0.538. The van der Waals surface area contributed by atoms with Crippen LogP contribution in [0.4, 0.5) is 5.13 Å². The van der Waals surface area contributed by atoms with Crippen molar-refractivity contribution < 1.29 is 4.74 Å². The maximum Gasteiger partial charge on any atom is 0.183 e. The first-order chi connectivity index (χ1) is 9.13. The van der Waals surface area contributed by atoms with Crippen molar-refractivity contribution in [2.45, 2.75) is 39.8 Å². The van der Waals surface area contributed by atoms with Gasteiger partial charge in [0, 0.05) is 18.5 Å². The molecular formula is C13H19N3OS2. The molecule has 0 saturated heterocycles. The zero-order valence-corrected chi connectivity index (χ0v) is 13.3. The van der Waals surface area contributed by atoms with Crippen molar-refractivity contribution in [1.29, 1.82) is 0 Å². The number of nitrogens with zero attached hydrogens (tertiary/aromatic N) is 2. The molecule has 2 aromatic heterocycles. The molecule has 104 valence electrons. The van der Waals surface area contributed by atoms with E-state index in [0.29, 0.717) is 12.6 Å². The van der Waals surface area contributed by atoms with E-state index in [2.05, 4.69) is 34.5 Å². The molecule has 1 N–H and O–H groups in total. The van der Waals surface area contributed by atoms with E-state index in [0.717, 1.165) is 32.8 Å². The van der Waals surface area contributed by atoms with Crippen LogP contribution in [0.15, 0.2) is 5.38 Å². The maximum atomic E-state index is 5.12. The summed E-state index contributed by atoms with van der Waals surface area (Å²) in [6.07, 6.45) is 1.09. The van der Waals surface area contributed by atoms with Gasteiger partial charge in [-0.2, -0.15) is 0 Å². The quantitative estimate of drug-likeness (QED) is 0.877. The van der Waals surface area contributed by atoms with Crippen molar-refractivity contribution in [3.63, 3.8) is 0 Å². The van der Waals surface area contributed by atoms with Crippen molar-refractivity contribution in [2.24, 2.45) is 0 Å². The third-order valence-corrected chi connectivity index (χ3v) is 4.75. The third-order valence-electron chi connectivity index (χ3n) is 2.83. The van der Waals surface area contributed by atoms with Gasteiger partial charge in [0.25, 0.3) is 0 Å². The summed E-state index contributed by atoms with van der Waals surface area (Å²) >= 11 is 3.30. The zero-order valence-electron chi connectivity index (χ0n) is 11.7. The number of nitrogens with one attached hydrogen (secondary N) is 1. The molecule has 0 fully saturated rings. The maximum absolute atomic E-state index is 5.12. The first kappa shape index (κ1) is 14.4. The van der Waals surface area contributed by atoms with Crippen molar-refractivity contribution in [1.82, 2.24) is 9.97 Å². The predicted molar refractivity (Wildman–Crippen MR) is 82.0 cm³/mol. The Bertz CT molecular complexity index is 536. The molecule has 4 nitrogen and oxygen atoms in total. The molecule has 0 aliphatic rings. The lowest BCUT2D eigenvalue weighted by Gasteiger charge is -2.08. The summed E-state index contributed by atoms with van der Waals surface area (Å²) in [5.41, 5.74) is 2.03. The third kappa shape index (κ3) is 3.52. The molecular weight excluding hydrogens is 278 g/mol. The van der Waals surface area contributed by atoms with Crippen molar-refractivity contribution >= 4 is 27.8 Å². The fourth-order valence-electron chi connectivity index (χ4n) is 1.63. The van der Waals surface area contributed by atoms with E-state index in [1.165, 1.54) is 0 Å². The Hall–Kier alpha value is -0.980. The van der Waals surface area contributed by atoms with Gasteiger partial charge in [0.1, 0.15) is 5.01 Å². The van der Waals surface area contributed by atoms with Crippen LogP contribution >= 0.6 is 22.7 Å². The summed E-state index contributed by atoms with van der Waals surface area (Å²) < 4.78 is 5.12. The standard InChI is InChI=1S/C13H19N3OS2/c1-5-8(2)14-13-16-10(7-18-13)12-9(3)15-11(19-12)6-17-4/h7-8H,5-6H2,1-4H3,(H,14,16). The van der Waals surface area contributed by atoms with Crippen molar-refractivity contribution in [3.8, 4) is 10.6 Å². The molecule has 0 aromatic carbocycles. The molecule has 2 rings (SSSR count). The number of methoxy groups -OCH3 is 1. The monoisotopic (exact) mass is 297 g/mol. The molecule has 0 amide bonds. The number of aryl methyl sites for hydroxylation is 1. The highest BCUT2D eigenvalue weighted by atomic mass is 32.1. The second-order valence-corrected chi connectivity index (χ2v) is 6.39. The lowest BCUT2D eigenvalue weighted by Crippen LogP contribution is -2.12. The minimum Gasteiger partial charge on any atom is -0.378 e. The Morgan fingerprint density at radius 2 is 2.21 bits per heavy atom. The Kier molecular flexibility index (Phi) is 4.90. The van der Waals surface area contributed by atoms with E-state index in [4.69, 9.17) is 4.74 Å². The Morgan fingerprint density at radius 1 is 1.42 bits per heavy atom. The molecule has 0 bridgehead atoms. The van der Waals surface area contributed by atoms with E-state index in [-0.39, 0.29) is 0 Å². The number of anilines is 1. The van der Waals surface area contributed by atoms with E-state index < -0.39 is 0 Å². The van der Waals surface area contributed by atoms with Crippen molar-refractivity contribution in [2.75, 3.05) is 12.4 Å². The minimum absolute atomic E-state index is 0.450. The molecule has 0 radical (unpaired) electrons. The van der Waals surface area contributed by atoms with Crippen LogP contribution in [0.1, 0.15) is 31.0 Å². The first-order valence-electron chi connectivity index (χ1n) is 6.31. The van der Waals surface area contributed by atoms with Crippen LogP contribution in [0.3, 0.4) is 0 Å². The van der Waals surface area contributed by atoms with Crippen LogP contribution < -0.4 is 5.32 Å². The van der Waals surface area contributed by atoms with Gasteiger partial charge in [0.15, 0.2) is 5.13 Å². The highest BCUT2D eigenvalue weighted by Gasteiger charge is 2.13. The van der Waals surface area contributed by atoms with Gasteiger partial charge in [-0.15, -0.1) is 22.7 Å². The summed E-state index contributed by atoms with van der Waals surface area (Å²) in [5, 5.41) is 7.46. The SMILES string of the molecule is CCC(C)Nc1nc(-c2sc(COC)nc2C)cs1. The Balaban J connectivity index is 2.17. The highest BCUT2D eigenvalue weighted by Crippen LogP contribution is 2.32. The van der Waals surface area contributed by atoms with Gasteiger partial charge in [-0.3, -0.25) is 0 Å². The second-order valence-electron chi connectivity index (χ2n) is 4.45. The highest BCUT2D eigenvalue weighted by molar-refractivity contribution is 7.16. The molecule has 2 aromatic rings. The molecule has 2 heterocycles. The average molecular weight is 297 g/mol. The molecule has 0 aliphatic heterocycles. The Morgan fingerprint density at radius 3 is 2.89 bits per heavy atom. The van der Waals surface area contributed by atoms with E-state index in [1.54, 1.807) is 29.8 Å². The topological polar surface area (TPSA) is 47.0 Å². The average Bonchev–Trinajstić information content (AvgIpc) is 2.96. The molecule has 0 saturated carbocycles. The smallest absolute Gasteiger partial charge is 0.183 e. The summed E-state index contributed by atoms with van der Waals surface area (Å²) in [6, 6.07) is 0.450. The molecule has 0 aliphatic carbocycles. The molecule has 0 spiro atoms. The summed E-state index contributed by atoms with van der Waals surface area (Å²) in [6.45, 7) is 6.91. The molecule has 6 heteroatoms. The van der Waals surface area contributed by atoms with E-state index >= 15 is 0 Å². The van der Waals surface area contributed by atoms with Crippen molar-refractivity contribution in [3.05, 3.63) is 16.1 Å². The number of hydrogen-bond acceptors (Lipinski definition) is 6. The van der Waals surface area contributed by atoms with Crippen LogP contribution in [-0.2, 0) is 11.3 Å². The molecule has 1 atom stereocenters. The fourth-order valence-corrected chi connectivity index (χ4v) is 3.52. The van der Waals surface area contributed by atoms with Gasteiger partial charge in [-0.25, -0.2) is 9.97 Å². The summed E-state index contributed by atoms with van der Waals surface area (Å²) in [4.78, 5) is 10.3. The number of hydrogen-bond donors (Lipinski definition) is 1. The number of aromatic nitrogens is 2. The van der Waals surface area contributed by atoms with Crippen LogP contribution in [-0.4, -0.2) is 23.1 Å². The van der Waals surface area contributed by atoms with Crippen LogP contribution in [0.2, 0.25) is 0 Å². The molecule has 19 heavy (non-hydrogen) atoms. The van der Waals surface area contributed by atoms with Gasteiger partial charge >= 0.3 is 0 Å². The molecule has 1 unspecified atom stereocenters. The van der Waals surface area contributed by atoms with Gasteiger partial charge < -0.3 is 10.1 Å². The van der Waals surface area contributed by atoms with Gasteiger partial charge in [0.2, 0.25) is 0 Å². The number of thiazole rings is 2.